The average Bonchev–Trinajstić information content (AvgIpc) is 2.49. The molecule has 0 atom stereocenters. The van der Waals surface area contributed by atoms with Crippen LogP contribution in [0, 0.1) is 6.92 Å². The minimum Gasteiger partial charge on any atom is -0.255 e. The maximum atomic E-state index is 4.51. The molecule has 0 unspecified atom stereocenters. The summed E-state index contributed by atoms with van der Waals surface area (Å²) in [4.78, 5) is 12.9. The first-order chi connectivity index (χ1) is 9.34. The van der Waals surface area contributed by atoms with E-state index in [1.165, 1.54) is 5.56 Å². The Kier molecular flexibility index (Phi) is 3.02. The van der Waals surface area contributed by atoms with E-state index in [1.807, 2.05) is 30.5 Å². The summed E-state index contributed by atoms with van der Waals surface area (Å²) in [6.45, 7) is 2.09. The minimum atomic E-state index is 0.700. The van der Waals surface area contributed by atoms with Gasteiger partial charge >= 0.3 is 0 Å². The number of nitrogens with zero attached hydrogens (tertiary/aromatic N) is 3. The van der Waals surface area contributed by atoms with Gasteiger partial charge in [0, 0.05) is 29.7 Å². The van der Waals surface area contributed by atoms with Crippen LogP contribution >= 0.6 is 0 Å². The summed E-state index contributed by atoms with van der Waals surface area (Å²) in [7, 11) is 0. The molecule has 3 aromatic rings. The van der Waals surface area contributed by atoms with Crippen LogP contribution in [-0.4, -0.2) is 15.0 Å². The fourth-order valence-corrected chi connectivity index (χ4v) is 1.99. The highest BCUT2D eigenvalue weighted by Crippen LogP contribution is 2.22. The van der Waals surface area contributed by atoms with E-state index in [2.05, 4.69) is 34.0 Å². The van der Waals surface area contributed by atoms with Gasteiger partial charge in [0.05, 0.1) is 5.69 Å². The summed E-state index contributed by atoms with van der Waals surface area (Å²) in [6.07, 6.45) is 5.28. The molecule has 0 saturated heterocycles. The van der Waals surface area contributed by atoms with Crippen molar-refractivity contribution < 1.29 is 0 Å². The predicted molar refractivity (Wildman–Crippen MR) is 75.4 cm³/mol. The van der Waals surface area contributed by atoms with Crippen LogP contribution in [0.4, 0.5) is 0 Å². The maximum absolute atomic E-state index is 4.51. The van der Waals surface area contributed by atoms with Gasteiger partial charge in [0.15, 0.2) is 5.82 Å². The minimum absolute atomic E-state index is 0.700. The second kappa shape index (κ2) is 4.98. The quantitative estimate of drug-likeness (QED) is 0.695. The monoisotopic (exact) mass is 247 g/mol. The molecule has 0 aliphatic carbocycles. The van der Waals surface area contributed by atoms with Crippen molar-refractivity contribution in [3.8, 4) is 22.6 Å². The van der Waals surface area contributed by atoms with E-state index < -0.39 is 0 Å². The topological polar surface area (TPSA) is 38.7 Å². The lowest BCUT2D eigenvalue weighted by atomic mass is 10.0. The third-order valence-electron chi connectivity index (χ3n) is 3.01. The number of aryl methyl sites for hydroxylation is 1. The summed E-state index contributed by atoms with van der Waals surface area (Å²) in [6, 6.07) is 14.0. The Morgan fingerprint density at radius 2 is 1.58 bits per heavy atom. The Morgan fingerprint density at radius 3 is 2.26 bits per heavy atom. The van der Waals surface area contributed by atoms with Gasteiger partial charge in [-0.05, 0) is 30.7 Å². The molecule has 0 N–H and O–H groups in total. The van der Waals surface area contributed by atoms with Crippen LogP contribution in [0.2, 0.25) is 0 Å². The van der Waals surface area contributed by atoms with Crippen molar-refractivity contribution in [1.82, 2.24) is 15.0 Å². The van der Waals surface area contributed by atoms with E-state index in [1.54, 1.807) is 18.5 Å². The summed E-state index contributed by atoms with van der Waals surface area (Å²) >= 11 is 0. The lowest BCUT2D eigenvalue weighted by Crippen LogP contribution is -1.90. The fourth-order valence-electron chi connectivity index (χ4n) is 1.99. The fraction of sp³-hybridized carbons (Fsp3) is 0.0625. The summed E-state index contributed by atoms with van der Waals surface area (Å²) in [5.74, 6) is 0.700. The standard InChI is InChI=1S/C16H13N3/c1-12-5-2-3-6-14(12)15-8-7-13(11-19-15)16-17-9-4-10-18-16/h2-11H,1H3. The number of rotatable bonds is 2. The summed E-state index contributed by atoms with van der Waals surface area (Å²) in [5, 5.41) is 0. The molecule has 3 heteroatoms. The van der Waals surface area contributed by atoms with Crippen LogP contribution in [0.25, 0.3) is 22.6 Å². The van der Waals surface area contributed by atoms with Gasteiger partial charge in [-0.25, -0.2) is 9.97 Å². The van der Waals surface area contributed by atoms with E-state index in [9.17, 15) is 0 Å². The number of benzene rings is 1. The Bertz CT molecular complexity index is 676. The molecule has 0 fully saturated rings. The zero-order valence-corrected chi connectivity index (χ0v) is 10.6. The van der Waals surface area contributed by atoms with E-state index in [4.69, 9.17) is 0 Å². The zero-order valence-electron chi connectivity index (χ0n) is 10.6. The molecule has 0 amide bonds. The molecular weight excluding hydrogens is 234 g/mol. The highest BCUT2D eigenvalue weighted by Gasteiger charge is 2.04. The normalized spacial score (nSPS) is 10.4. The molecule has 2 aromatic heterocycles. The van der Waals surface area contributed by atoms with Crippen LogP contribution in [0.3, 0.4) is 0 Å². The first kappa shape index (κ1) is 11.5. The van der Waals surface area contributed by atoms with Crippen LogP contribution in [0.15, 0.2) is 61.1 Å². The van der Waals surface area contributed by atoms with Gasteiger partial charge < -0.3 is 0 Å². The van der Waals surface area contributed by atoms with Gasteiger partial charge in [0.25, 0.3) is 0 Å². The van der Waals surface area contributed by atoms with Crippen LogP contribution in [-0.2, 0) is 0 Å². The first-order valence-electron chi connectivity index (χ1n) is 6.14. The van der Waals surface area contributed by atoms with Crippen molar-refractivity contribution in [3.05, 3.63) is 66.6 Å². The molecule has 0 aliphatic rings. The van der Waals surface area contributed by atoms with E-state index in [0.717, 1.165) is 16.8 Å². The molecule has 92 valence electrons. The molecule has 3 nitrogen and oxygen atoms in total. The van der Waals surface area contributed by atoms with E-state index in [0.29, 0.717) is 5.82 Å². The molecule has 0 aliphatic heterocycles. The van der Waals surface area contributed by atoms with Gasteiger partial charge in [0.2, 0.25) is 0 Å². The summed E-state index contributed by atoms with van der Waals surface area (Å²) in [5.41, 5.74) is 4.28. The van der Waals surface area contributed by atoms with Crippen LogP contribution in [0.1, 0.15) is 5.56 Å². The highest BCUT2D eigenvalue weighted by molar-refractivity contribution is 5.65. The third-order valence-corrected chi connectivity index (χ3v) is 3.01. The lowest BCUT2D eigenvalue weighted by molar-refractivity contribution is 1.16. The number of hydrogen-bond acceptors (Lipinski definition) is 3. The second-order valence-corrected chi connectivity index (χ2v) is 4.32. The average molecular weight is 247 g/mol. The van der Waals surface area contributed by atoms with Gasteiger partial charge in [0.1, 0.15) is 0 Å². The number of pyridine rings is 1. The number of aromatic nitrogens is 3. The largest absolute Gasteiger partial charge is 0.255 e. The Morgan fingerprint density at radius 1 is 0.789 bits per heavy atom. The van der Waals surface area contributed by atoms with Crippen molar-refractivity contribution >= 4 is 0 Å². The Balaban J connectivity index is 1.98. The van der Waals surface area contributed by atoms with Crippen molar-refractivity contribution in [2.75, 3.05) is 0 Å². The van der Waals surface area contributed by atoms with E-state index in [-0.39, 0.29) is 0 Å². The SMILES string of the molecule is Cc1ccccc1-c1ccc(-c2ncccn2)cn1. The molecule has 0 radical (unpaired) electrons. The molecule has 2 heterocycles. The van der Waals surface area contributed by atoms with E-state index >= 15 is 0 Å². The zero-order chi connectivity index (χ0) is 13.1. The Labute approximate surface area is 112 Å². The van der Waals surface area contributed by atoms with Crippen molar-refractivity contribution in [2.24, 2.45) is 0 Å². The van der Waals surface area contributed by atoms with Crippen molar-refractivity contribution in [1.29, 1.82) is 0 Å². The molecule has 1 aromatic carbocycles. The van der Waals surface area contributed by atoms with Gasteiger partial charge in [-0.2, -0.15) is 0 Å². The van der Waals surface area contributed by atoms with Gasteiger partial charge in [-0.15, -0.1) is 0 Å². The smallest absolute Gasteiger partial charge is 0.160 e. The molecule has 0 saturated carbocycles. The lowest BCUT2D eigenvalue weighted by Gasteiger charge is -2.05. The van der Waals surface area contributed by atoms with Crippen molar-refractivity contribution in [3.63, 3.8) is 0 Å². The third kappa shape index (κ3) is 2.36. The highest BCUT2D eigenvalue weighted by atomic mass is 14.9. The molecule has 0 bridgehead atoms. The first-order valence-corrected chi connectivity index (χ1v) is 6.14. The molecule has 3 rings (SSSR count). The predicted octanol–water partition coefficient (Wildman–Crippen LogP) is 3.51. The van der Waals surface area contributed by atoms with Gasteiger partial charge in [-0.3, -0.25) is 4.98 Å². The Hall–Kier alpha value is -2.55. The molecular formula is C16H13N3. The molecule has 0 spiro atoms. The van der Waals surface area contributed by atoms with Crippen molar-refractivity contribution in [2.45, 2.75) is 6.92 Å². The number of hydrogen-bond donors (Lipinski definition) is 0. The molecule has 19 heavy (non-hydrogen) atoms. The maximum Gasteiger partial charge on any atom is 0.160 e. The summed E-state index contributed by atoms with van der Waals surface area (Å²) < 4.78 is 0. The second-order valence-electron chi connectivity index (χ2n) is 4.32. The van der Waals surface area contributed by atoms with Crippen LogP contribution < -0.4 is 0 Å². The van der Waals surface area contributed by atoms with Crippen LogP contribution in [0.5, 0.6) is 0 Å². The van der Waals surface area contributed by atoms with Gasteiger partial charge in [-0.1, -0.05) is 24.3 Å².